The van der Waals surface area contributed by atoms with Crippen LogP contribution < -0.4 is 9.80 Å². The molecule has 2 fully saturated rings. The highest BCUT2D eigenvalue weighted by atomic mass is 32.2. The van der Waals surface area contributed by atoms with Gasteiger partial charge in [0.1, 0.15) is 0 Å². The largest absolute Gasteiger partial charge is 0.481 e. The molecule has 0 radical (unpaired) electrons. The number of sulfone groups is 1. The van der Waals surface area contributed by atoms with E-state index in [1.165, 1.54) is 11.8 Å². The van der Waals surface area contributed by atoms with Gasteiger partial charge in [0.25, 0.3) is 0 Å². The van der Waals surface area contributed by atoms with Crippen molar-refractivity contribution >= 4 is 50.0 Å². The predicted octanol–water partition coefficient (Wildman–Crippen LogP) is 2.70. The van der Waals surface area contributed by atoms with Crippen LogP contribution in [0.3, 0.4) is 0 Å². The molecule has 0 saturated carbocycles. The third kappa shape index (κ3) is 5.41. The molecule has 0 aliphatic carbocycles. The number of carbonyl (C=O) groups excluding carboxylic acids is 1. The van der Waals surface area contributed by atoms with E-state index in [0.717, 1.165) is 30.0 Å². The van der Waals surface area contributed by atoms with Crippen LogP contribution in [0.1, 0.15) is 38.7 Å². The molecule has 1 aromatic rings. The molecular formula is C21H29N3O5S2. The van der Waals surface area contributed by atoms with Gasteiger partial charge in [0.05, 0.1) is 17.5 Å². The van der Waals surface area contributed by atoms with Crippen LogP contribution in [0, 0.1) is 6.92 Å². The standard InChI is InChI=1S/C21H29N3O5S2/c1-4-23(5-2)15-9-10-16(14(3)11-15)24-17-12-31(28,29)13-18(17)30-21(24)22-19(25)7-6-8-20(26)27/h9-11,17-18H,4-8,12-13H2,1-3H3,(H,26,27)/t17-,18+/m1/s1. The molecule has 2 heterocycles. The summed E-state index contributed by atoms with van der Waals surface area (Å²) in [6.45, 7) is 7.94. The molecule has 2 aliphatic rings. The summed E-state index contributed by atoms with van der Waals surface area (Å²) in [5, 5.41) is 9.10. The SMILES string of the molecule is CCN(CC)c1ccc(N2C(=NC(=O)CCCC(=O)O)S[C@H]3CS(=O)(=O)C[C@H]32)c(C)c1. The summed E-state index contributed by atoms with van der Waals surface area (Å²) in [6, 6.07) is 5.80. The minimum atomic E-state index is -3.14. The highest BCUT2D eigenvalue weighted by Gasteiger charge is 2.49. The quantitative estimate of drug-likeness (QED) is 0.622. The van der Waals surface area contributed by atoms with Crippen molar-refractivity contribution in [2.45, 2.75) is 51.3 Å². The fourth-order valence-electron chi connectivity index (χ4n) is 4.09. The van der Waals surface area contributed by atoms with E-state index in [0.29, 0.717) is 5.17 Å². The number of benzene rings is 1. The van der Waals surface area contributed by atoms with E-state index in [9.17, 15) is 18.0 Å². The van der Waals surface area contributed by atoms with E-state index < -0.39 is 15.8 Å². The minimum Gasteiger partial charge on any atom is -0.481 e. The molecule has 1 aromatic carbocycles. The number of carboxylic acids is 1. The number of aliphatic carboxylic acids is 1. The maximum atomic E-state index is 12.4. The Labute approximate surface area is 187 Å². The Balaban J connectivity index is 1.92. The molecule has 2 aliphatic heterocycles. The molecule has 1 amide bonds. The van der Waals surface area contributed by atoms with Crippen molar-refractivity contribution in [2.24, 2.45) is 4.99 Å². The first-order chi connectivity index (χ1) is 14.6. The number of anilines is 2. The third-order valence-electron chi connectivity index (χ3n) is 5.64. The maximum absolute atomic E-state index is 12.4. The monoisotopic (exact) mass is 467 g/mol. The van der Waals surface area contributed by atoms with Crippen LogP contribution in [0.15, 0.2) is 23.2 Å². The van der Waals surface area contributed by atoms with E-state index in [4.69, 9.17) is 5.11 Å². The van der Waals surface area contributed by atoms with Gasteiger partial charge in [0, 0.05) is 42.6 Å². The zero-order valence-corrected chi connectivity index (χ0v) is 19.7. The molecule has 2 saturated heterocycles. The van der Waals surface area contributed by atoms with E-state index in [1.54, 1.807) is 0 Å². The number of carboxylic acid groups (broad SMARTS) is 1. The van der Waals surface area contributed by atoms with Crippen LogP contribution in [0.4, 0.5) is 11.4 Å². The first-order valence-electron chi connectivity index (χ1n) is 10.5. The maximum Gasteiger partial charge on any atom is 0.303 e. The number of aryl methyl sites for hydroxylation is 1. The number of rotatable bonds is 8. The summed E-state index contributed by atoms with van der Waals surface area (Å²) >= 11 is 1.33. The Bertz CT molecular complexity index is 989. The second kappa shape index (κ2) is 9.60. The Hall–Kier alpha value is -2.07. The Morgan fingerprint density at radius 2 is 1.94 bits per heavy atom. The number of hydrogen-bond acceptors (Lipinski definition) is 6. The lowest BCUT2D eigenvalue weighted by Gasteiger charge is -2.28. The molecule has 31 heavy (non-hydrogen) atoms. The molecule has 1 N–H and O–H groups in total. The van der Waals surface area contributed by atoms with Gasteiger partial charge >= 0.3 is 5.97 Å². The number of aliphatic imine (C=N–C) groups is 1. The van der Waals surface area contributed by atoms with Gasteiger partial charge in [-0.1, -0.05) is 11.8 Å². The molecule has 0 unspecified atom stereocenters. The highest BCUT2D eigenvalue weighted by molar-refractivity contribution is 8.16. The fraction of sp³-hybridized carbons (Fsp3) is 0.571. The summed E-state index contributed by atoms with van der Waals surface area (Å²) in [6.07, 6.45) is 0.203. The average Bonchev–Trinajstić information content (AvgIpc) is 3.13. The topological polar surface area (TPSA) is 107 Å². The molecular weight excluding hydrogens is 438 g/mol. The lowest BCUT2D eigenvalue weighted by Crippen LogP contribution is -2.38. The molecule has 8 nitrogen and oxygen atoms in total. The molecule has 170 valence electrons. The molecule has 0 spiro atoms. The van der Waals surface area contributed by atoms with Crippen molar-refractivity contribution in [1.82, 2.24) is 0 Å². The van der Waals surface area contributed by atoms with Crippen molar-refractivity contribution in [2.75, 3.05) is 34.4 Å². The van der Waals surface area contributed by atoms with Crippen molar-refractivity contribution in [3.63, 3.8) is 0 Å². The molecule has 2 atom stereocenters. The number of amides is 1. The summed E-state index contributed by atoms with van der Waals surface area (Å²) < 4.78 is 24.5. The van der Waals surface area contributed by atoms with Gasteiger partial charge in [-0.05, 0) is 51.0 Å². The lowest BCUT2D eigenvalue weighted by atomic mass is 10.1. The summed E-state index contributed by atoms with van der Waals surface area (Å²) in [5.74, 6) is -1.22. The zero-order valence-electron chi connectivity index (χ0n) is 18.1. The fourth-order valence-corrected chi connectivity index (χ4v) is 8.02. The molecule has 3 rings (SSSR count). The van der Waals surface area contributed by atoms with E-state index in [-0.39, 0.29) is 48.0 Å². The second-order valence-corrected chi connectivity index (χ2v) is 11.2. The molecule has 0 aromatic heterocycles. The smallest absolute Gasteiger partial charge is 0.303 e. The average molecular weight is 468 g/mol. The Kier molecular flexibility index (Phi) is 7.31. The van der Waals surface area contributed by atoms with Gasteiger partial charge in [-0.3, -0.25) is 9.59 Å². The number of hydrogen-bond donors (Lipinski definition) is 1. The van der Waals surface area contributed by atoms with E-state index in [1.807, 2.05) is 24.0 Å². The Morgan fingerprint density at radius 1 is 1.23 bits per heavy atom. The van der Waals surface area contributed by atoms with E-state index >= 15 is 0 Å². The van der Waals surface area contributed by atoms with Crippen LogP contribution in [-0.2, 0) is 19.4 Å². The highest BCUT2D eigenvalue weighted by Crippen LogP contribution is 2.42. The minimum absolute atomic E-state index is 0.0358. The number of thioether (sulfide) groups is 1. The van der Waals surface area contributed by atoms with Crippen LogP contribution in [-0.4, -0.2) is 66.5 Å². The predicted molar refractivity (Wildman–Crippen MR) is 125 cm³/mol. The van der Waals surface area contributed by atoms with Crippen LogP contribution >= 0.6 is 11.8 Å². The van der Waals surface area contributed by atoms with Crippen molar-refractivity contribution in [3.8, 4) is 0 Å². The summed E-state index contributed by atoms with van der Waals surface area (Å²) in [7, 11) is -3.14. The third-order valence-corrected chi connectivity index (χ3v) is 8.85. The number of fused-ring (bicyclic) bond motifs is 1. The number of nitrogens with zero attached hydrogens (tertiary/aromatic N) is 3. The second-order valence-electron chi connectivity index (χ2n) is 7.85. The van der Waals surface area contributed by atoms with Gasteiger partial charge < -0.3 is 14.9 Å². The number of amidine groups is 1. The zero-order chi connectivity index (χ0) is 22.8. The molecule has 0 bridgehead atoms. The van der Waals surface area contributed by atoms with Crippen molar-refractivity contribution in [1.29, 1.82) is 0 Å². The molecule has 10 heteroatoms. The van der Waals surface area contributed by atoms with Gasteiger partial charge in [-0.15, -0.1) is 0 Å². The van der Waals surface area contributed by atoms with Gasteiger partial charge in [0.2, 0.25) is 5.91 Å². The van der Waals surface area contributed by atoms with Crippen molar-refractivity contribution in [3.05, 3.63) is 23.8 Å². The normalized spacial score (nSPS) is 23.2. The van der Waals surface area contributed by atoms with Crippen molar-refractivity contribution < 1.29 is 23.1 Å². The first-order valence-corrected chi connectivity index (χ1v) is 13.2. The van der Waals surface area contributed by atoms with E-state index in [2.05, 4.69) is 29.8 Å². The van der Waals surface area contributed by atoms with Crippen LogP contribution in [0.2, 0.25) is 0 Å². The summed E-state index contributed by atoms with van der Waals surface area (Å²) in [4.78, 5) is 31.5. The summed E-state index contributed by atoms with van der Waals surface area (Å²) in [5.41, 5.74) is 2.93. The first kappa shape index (κ1) is 23.6. The Morgan fingerprint density at radius 3 is 2.55 bits per heavy atom. The van der Waals surface area contributed by atoms with Gasteiger partial charge in [0.15, 0.2) is 15.0 Å². The van der Waals surface area contributed by atoms with Crippen LogP contribution in [0.5, 0.6) is 0 Å². The van der Waals surface area contributed by atoms with Crippen LogP contribution in [0.25, 0.3) is 0 Å². The van der Waals surface area contributed by atoms with Gasteiger partial charge in [-0.2, -0.15) is 4.99 Å². The lowest BCUT2D eigenvalue weighted by molar-refractivity contribution is -0.137. The number of carbonyl (C=O) groups is 2. The van der Waals surface area contributed by atoms with Gasteiger partial charge in [-0.25, -0.2) is 8.42 Å².